The number of aliphatic hydroxyl groups excluding tert-OH is 1. The van der Waals surface area contributed by atoms with Crippen molar-refractivity contribution in [1.29, 1.82) is 0 Å². The Morgan fingerprint density at radius 2 is 2.12 bits per heavy atom. The van der Waals surface area contributed by atoms with Crippen LogP contribution >= 0.6 is 11.3 Å². The van der Waals surface area contributed by atoms with Crippen molar-refractivity contribution in [2.45, 2.75) is 56.5 Å². The zero-order chi connectivity index (χ0) is 17.0. The number of aliphatic hydroxyl groups is 1. The Morgan fingerprint density at radius 1 is 1.33 bits per heavy atom. The van der Waals surface area contributed by atoms with Gasteiger partial charge in [0.15, 0.2) is 0 Å². The lowest BCUT2D eigenvalue weighted by atomic mass is 9.72. The molecule has 0 aromatic carbocycles. The predicted molar refractivity (Wildman–Crippen MR) is 93.9 cm³/mol. The highest BCUT2D eigenvalue weighted by Gasteiger charge is 2.42. The quantitative estimate of drug-likeness (QED) is 0.825. The zero-order valence-electron chi connectivity index (χ0n) is 14.0. The number of rotatable bonds is 6. The van der Waals surface area contributed by atoms with E-state index in [1.807, 2.05) is 11.4 Å². The van der Waals surface area contributed by atoms with Crippen LogP contribution in [0.1, 0.15) is 49.8 Å². The van der Waals surface area contributed by atoms with Gasteiger partial charge >= 0.3 is 0 Å². The van der Waals surface area contributed by atoms with Crippen LogP contribution in [0.15, 0.2) is 17.5 Å². The minimum Gasteiger partial charge on any atom is -0.389 e. The van der Waals surface area contributed by atoms with Crippen LogP contribution in [0, 0.1) is 0 Å². The fourth-order valence-corrected chi connectivity index (χ4v) is 4.87. The summed E-state index contributed by atoms with van der Waals surface area (Å²) in [6, 6.07) is 4.05. The van der Waals surface area contributed by atoms with E-state index in [9.17, 15) is 14.7 Å². The molecule has 1 aromatic rings. The van der Waals surface area contributed by atoms with E-state index in [0.717, 1.165) is 37.0 Å². The highest BCUT2D eigenvalue weighted by Crippen LogP contribution is 2.41. The highest BCUT2D eigenvalue weighted by atomic mass is 32.1. The van der Waals surface area contributed by atoms with Crippen molar-refractivity contribution in [2.75, 3.05) is 19.6 Å². The highest BCUT2D eigenvalue weighted by molar-refractivity contribution is 7.10. The summed E-state index contributed by atoms with van der Waals surface area (Å²) in [4.78, 5) is 27.4. The Labute approximate surface area is 147 Å². The molecule has 0 radical (unpaired) electrons. The molecule has 0 bridgehead atoms. The maximum atomic E-state index is 12.9. The van der Waals surface area contributed by atoms with Gasteiger partial charge in [0.2, 0.25) is 11.8 Å². The molecule has 1 unspecified atom stereocenters. The number of hydrogen-bond acceptors (Lipinski definition) is 4. The molecular weight excluding hydrogens is 324 g/mol. The summed E-state index contributed by atoms with van der Waals surface area (Å²) in [5, 5.41) is 15.2. The molecule has 2 amide bonds. The molecule has 1 saturated carbocycles. The molecule has 2 N–H and O–H groups in total. The SMILES string of the molecule is O=C1CCCN1CC(O)CNC(=O)C1(c2cccs2)CCCCC1. The van der Waals surface area contributed by atoms with Crippen LogP contribution in [0.2, 0.25) is 0 Å². The summed E-state index contributed by atoms with van der Waals surface area (Å²) in [6.07, 6.45) is 5.78. The molecule has 2 fully saturated rings. The first-order valence-corrected chi connectivity index (χ1v) is 9.78. The van der Waals surface area contributed by atoms with E-state index in [0.29, 0.717) is 19.5 Å². The summed E-state index contributed by atoms with van der Waals surface area (Å²) < 4.78 is 0. The minimum absolute atomic E-state index is 0.0245. The minimum atomic E-state index is -0.708. The van der Waals surface area contributed by atoms with Gasteiger partial charge in [0.05, 0.1) is 11.5 Å². The first-order valence-electron chi connectivity index (χ1n) is 8.90. The number of nitrogens with one attached hydrogen (secondary N) is 1. The van der Waals surface area contributed by atoms with Crippen LogP contribution in [0.4, 0.5) is 0 Å². The van der Waals surface area contributed by atoms with E-state index in [2.05, 4.69) is 11.4 Å². The van der Waals surface area contributed by atoms with E-state index in [4.69, 9.17) is 0 Å². The van der Waals surface area contributed by atoms with Gasteiger partial charge in [0.25, 0.3) is 0 Å². The fourth-order valence-electron chi connectivity index (χ4n) is 3.89. The first kappa shape index (κ1) is 17.4. The number of amides is 2. The van der Waals surface area contributed by atoms with Crippen LogP contribution < -0.4 is 5.32 Å². The monoisotopic (exact) mass is 350 g/mol. The van der Waals surface area contributed by atoms with Crippen molar-refractivity contribution < 1.29 is 14.7 Å². The average molecular weight is 350 g/mol. The molecule has 2 heterocycles. The molecule has 24 heavy (non-hydrogen) atoms. The van der Waals surface area contributed by atoms with Gasteiger partial charge < -0.3 is 15.3 Å². The molecule has 1 aliphatic heterocycles. The number of likely N-dealkylation sites (tertiary alicyclic amines) is 1. The van der Waals surface area contributed by atoms with E-state index in [1.165, 1.54) is 6.42 Å². The van der Waals surface area contributed by atoms with Crippen LogP contribution in [-0.2, 0) is 15.0 Å². The molecule has 6 heteroatoms. The van der Waals surface area contributed by atoms with E-state index < -0.39 is 11.5 Å². The van der Waals surface area contributed by atoms with Crippen molar-refractivity contribution in [1.82, 2.24) is 10.2 Å². The second kappa shape index (κ2) is 7.66. The Balaban J connectivity index is 1.58. The van der Waals surface area contributed by atoms with Crippen LogP contribution in [0.25, 0.3) is 0 Å². The number of thiophene rings is 1. The molecule has 1 aromatic heterocycles. The Morgan fingerprint density at radius 3 is 2.75 bits per heavy atom. The molecular formula is C18H26N2O3S. The maximum absolute atomic E-state index is 12.9. The number of carbonyl (C=O) groups is 2. The molecule has 132 valence electrons. The van der Waals surface area contributed by atoms with Crippen molar-refractivity contribution in [2.24, 2.45) is 0 Å². The molecule has 1 atom stereocenters. The van der Waals surface area contributed by atoms with Gasteiger partial charge in [-0.1, -0.05) is 25.3 Å². The Hall–Kier alpha value is -1.40. The predicted octanol–water partition coefficient (Wildman–Crippen LogP) is 2.05. The third kappa shape index (κ3) is 3.64. The van der Waals surface area contributed by atoms with Gasteiger partial charge in [-0.05, 0) is 30.7 Å². The standard InChI is InChI=1S/C18H26N2O3S/c21-14(13-20-10-4-7-16(20)22)12-19-17(23)18(8-2-1-3-9-18)15-6-5-11-24-15/h5-6,11,14,21H,1-4,7-10,12-13H2,(H,19,23). The van der Waals surface area contributed by atoms with Crippen molar-refractivity contribution >= 4 is 23.2 Å². The van der Waals surface area contributed by atoms with E-state index >= 15 is 0 Å². The molecule has 5 nitrogen and oxygen atoms in total. The normalized spacial score (nSPS) is 21.7. The number of carbonyl (C=O) groups excluding carboxylic acids is 2. The van der Waals surface area contributed by atoms with E-state index in [1.54, 1.807) is 16.2 Å². The number of hydrogen-bond donors (Lipinski definition) is 2. The van der Waals surface area contributed by atoms with Gasteiger partial charge in [-0.25, -0.2) is 0 Å². The Kier molecular flexibility index (Phi) is 5.56. The van der Waals surface area contributed by atoms with Crippen molar-refractivity contribution in [3.63, 3.8) is 0 Å². The smallest absolute Gasteiger partial charge is 0.231 e. The van der Waals surface area contributed by atoms with Gasteiger partial charge in [-0.2, -0.15) is 0 Å². The van der Waals surface area contributed by atoms with E-state index in [-0.39, 0.29) is 18.4 Å². The third-order valence-electron chi connectivity index (χ3n) is 5.24. The molecule has 1 saturated heterocycles. The third-order valence-corrected chi connectivity index (χ3v) is 6.31. The van der Waals surface area contributed by atoms with Gasteiger partial charge in [-0.15, -0.1) is 11.3 Å². The second-order valence-electron chi connectivity index (χ2n) is 6.93. The fraction of sp³-hybridized carbons (Fsp3) is 0.667. The molecule has 0 spiro atoms. The van der Waals surface area contributed by atoms with Crippen molar-refractivity contribution in [3.8, 4) is 0 Å². The van der Waals surface area contributed by atoms with Crippen LogP contribution in [0.3, 0.4) is 0 Å². The Bertz CT molecular complexity index is 567. The first-order chi connectivity index (χ1) is 11.6. The molecule has 3 rings (SSSR count). The van der Waals surface area contributed by atoms with Crippen molar-refractivity contribution in [3.05, 3.63) is 22.4 Å². The lowest BCUT2D eigenvalue weighted by Gasteiger charge is -2.35. The maximum Gasteiger partial charge on any atom is 0.231 e. The molecule has 1 aliphatic carbocycles. The average Bonchev–Trinajstić information content (AvgIpc) is 3.26. The summed E-state index contributed by atoms with van der Waals surface area (Å²) in [5.41, 5.74) is -0.435. The van der Waals surface area contributed by atoms with Gasteiger partial charge in [0, 0.05) is 30.9 Å². The topological polar surface area (TPSA) is 69.6 Å². The lowest BCUT2D eigenvalue weighted by molar-refractivity contribution is -0.129. The number of nitrogens with zero attached hydrogens (tertiary/aromatic N) is 1. The lowest BCUT2D eigenvalue weighted by Crippen LogP contribution is -2.49. The second-order valence-corrected chi connectivity index (χ2v) is 7.87. The summed E-state index contributed by atoms with van der Waals surface area (Å²) >= 11 is 1.64. The van der Waals surface area contributed by atoms with Crippen LogP contribution in [-0.4, -0.2) is 47.6 Å². The summed E-state index contributed by atoms with van der Waals surface area (Å²) in [7, 11) is 0. The molecule has 2 aliphatic rings. The summed E-state index contributed by atoms with van der Waals surface area (Å²) in [5.74, 6) is 0.124. The van der Waals surface area contributed by atoms with Gasteiger partial charge in [0.1, 0.15) is 0 Å². The largest absolute Gasteiger partial charge is 0.389 e. The number of β-amino-alcohol motifs (C(OH)–C–C–N with tert-alkyl or cyclic N) is 1. The zero-order valence-corrected chi connectivity index (χ0v) is 14.8. The summed E-state index contributed by atoms with van der Waals surface area (Å²) in [6.45, 7) is 1.23. The van der Waals surface area contributed by atoms with Crippen LogP contribution in [0.5, 0.6) is 0 Å². The van der Waals surface area contributed by atoms with Gasteiger partial charge in [-0.3, -0.25) is 9.59 Å².